The molecule has 0 aliphatic carbocycles. The van der Waals surface area contributed by atoms with Crippen molar-refractivity contribution in [2.75, 3.05) is 6.61 Å². The quantitative estimate of drug-likeness (QED) is 0.315. The second kappa shape index (κ2) is 9.49. The fraction of sp³-hybridized carbons (Fsp3) is 0.0833. The van der Waals surface area contributed by atoms with Gasteiger partial charge < -0.3 is 4.74 Å². The molecule has 0 aliphatic rings. The summed E-state index contributed by atoms with van der Waals surface area (Å²) in [5.41, 5.74) is -0.377. The molecule has 6 nitrogen and oxygen atoms in total. The number of nitrogens with zero attached hydrogens (tertiary/aromatic N) is 4. The van der Waals surface area contributed by atoms with Crippen LogP contribution < -0.4 is 10.3 Å². The Labute approximate surface area is 199 Å². The summed E-state index contributed by atoms with van der Waals surface area (Å²) in [6, 6.07) is 17.9. The zero-order valence-corrected chi connectivity index (χ0v) is 18.8. The van der Waals surface area contributed by atoms with Crippen LogP contribution in [0.25, 0.3) is 22.3 Å². The molecule has 0 unspecified atom stereocenters. The fourth-order valence-electron chi connectivity index (χ4n) is 3.20. The van der Waals surface area contributed by atoms with Crippen molar-refractivity contribution in [3.8, 4) is 23.2 Å². The number of ether oxygens (including phenoxy) is 1. The Balaban J connectivity index is 1.84. The average molecular weight is 527 g/mol. The molecule has 0 aliphatic heterocycles. The van der Waals surface area contributed by atoms with E-state index in [1.165, 1.54) is 18.3 Å². The van der Waals surface area contributed by atoms with Crippen LogP contribution >= 0.6 is 15.9 Å². The van der Waals surface area contributed by atoms with Crippen LogP contribution in [-0.2, 0) is 6.18 Å². The lowest BCUT2D eigenvalue weighted by atomic mass is 10.1. The van der Waals surface area contributed by atoms with E-state index in [1.54, 1.807) is 42.5 Å². The number of benzene rings is 3. The summed E-state index contributed by atoms with van der Waals surface area (Å²) in [5, 5.41) is 13.2. The first-order chi connectivity index (χ1) is 16.3. The number of aromatic nitrogens is 2. The van der Waals surface area contributed by atoms with Crippen molar-refractivity contribution in [1.29, 1.82) is 5.26 Å². The van der Waals surface area contributed by atoms with Gasteiger partial charge in [0.05, 0.1) is 27.2 Å². The normalized spacial score (nSPS) is 11.6. The maximum absolute atomic E-state index is 13.3. The molecule has 0 N–H and O–H groups in total. The van der Waals surface area contributed by atoms with Crippen LogP contribution in [0.1, 0.15) is 11.1 Å². The van der Waals surface area contributed by atoms with Gasteiger partial charge in [0.1, 0.15) is 11.8 Å². The summed E-state index contributed by atoms with van der Waals surface area (Å²) in [7, 11) is 0. The molecule has 170 valence electrons. The lowest BCUT2D eigenvalue weighted by Crippen LogP contribution is -2.20. The highest BCUT2D eigenvalue weighted by Gasteiger charge is 2.30. The van der Waals surface area contributed by atoms with Crippen LogP contribution in [0.4, 0.5) is 13.2 Å². The van der Waals surface area contributed by atoms with E-state index in [2.05, 4.69) is 26.0 Å². The Hall–Kier alpha value is -3.97. The Morgan fingerprint density at radius 3 is 2.65 bits per heavy atom. The van der Waals surface area contributed by atoms with E-state index in [-0.39, 0.29) is 23.4 Å². The molecule has 1 aromatic heterocycles. The predicted molar refractivity (Wildman–Crippen MR) is 125 cm³/mol. The third-order valence-corrected chi connectivity index (χ3v) is 5.39. The van der Waals surface area contributed by atoms with Crippen LogP contribution in [0.2, 0.25) is 0 Å². The van der Waals surface area contributed by atoms with E-state index in [0.717, 1.165) is 16.8 Å². The zero-order valence-electron chi connectivity index (χ0n) is 17.3. The van der Waals surface area contributed by atoms with Crippen LogP contribution in [-0.4, -0.2) is 22.5 Å². The number of fused-ring (bicyclic) bond motifs is 1. The molecule has 10 heteroatoms. The molecule has 0 saturated heterocycles. The Bertz CT molecular complexity index is 1510. The van der Waals surface area contributed by atoms with E-state index < -0.39 is 17.3 Å². The van der Waals surface area contributed by atoms with Gasteiger partial charge in [-0.05, 0) is 64.0 Å². The largest absolute Gasteiger partial charge is 0.478 e. The first kappa shape index (κ1) is 23.2. The van der Waals surface area contributed by atoms with Crippen LogP contribution in [0.3, 0.4) is 0 Å². The smallest absolute Gasteiger partial charge is 0.416 e. The van der Waals surface area contributed by atoms with Crippen molar-refractivity contribution in [3.63, 3.8) is 0 Å². The highest BCUT2D eigenvalue weighted by molar-refractivity contribution is 9.10. The summed E-state index contributed by atoms with van der Waals surface area (Å²) >= 11 is 3.34. The van der Waals surface area contributed by atoms with Crippen LogP contribution in [0.15, 0.2) is 81.1 Å². The summed E-state index contributed by atoms with van der Waals surface area (Å²) in [6.45, 7) is -0.120. The van der Waals surface area contributed by atoms with Crippen molar-refractivity contribution < 1.29 is 17.9 Å². The van der Waals surface area contributed by atoms with Crippen LogP contribution in [0, 0.1) is 11.3 Å². The van der Waals surface area contributed by atoms with Crippen molar-refractivity contribution in [2.45, 2.75) is 6.18 Å². The number of hydrogen-bond donors (Lipinski definition) is 0. The number of hydrogen-bond acceptors (Lipinski definition) is 5. The van der Waals surface area contributed by atoms with E-state index in [4.69, 9.17) is 10.00 Å². The SMILES string of the molecule is N#CCOc1ccc(C=Nn2c(-c3cccc(C(F)(F)F)c3)nc3ccccc3c2=O)cc1Br. The van der Waals surface area contributed by atoms with Gasteiger partial charge in [-0.25, -0.2) is 4.98 Å². The molecule has 0 radical (unpaired) electrons. The van der Waals surface area contributed by atoms with Gasteiger partial charge in [-0.3, -0.25) is 4.79 Å². The van der Waals surface area contributed by atoms with Gasteiger partial charge >= 0.3 is 6.18 Å². The summed E-state index contributed by atoms with van der Waals surface area (Å²) in [5.74, 6) is 0.423. The average Bonchev–Trinajstić information content (AvgIpc) is 2.82. The van der Waals surface area contributed by atoms with Gasteiger partial charge in [-0.2, -0.15) is 28.2 Å². The standard InChI is InChI=1S/C24H14BrF3N4O2/c25-19-12-15(8-9-21(19)34-11-10-29)14-30-32-22(16-4-3-5-17(13-16)24(26,27)28)31-20-7-2-1-6-18(20)23(32)33/h1-9,12-14H,11H2. The van der Waals surface area contributed by atoms with Crippen molar-refractivity contribution in [1.82, 2.24) is 9.66 Å². The van der Waals surface area contributed by atoms with Gasteiger partial charge in [-0.1, -0.05) is 24.3 Å². The molecule has 3 aromatic carbocycles. The fourth-order valence-corrected chi connectivity index (χ4v) is 3.71. The second-order valence-electron chi connectivity index (χ2n) is 7.03. The topological polar surface area (TPSA) is 80.3 Å². The van der Waals surface area contributed by atoms with E-state index >= 15 is 0 Å². The van der Waals surface area contributed by atoms with Gasteiger partial charge in [0.25, 0.3) is 5.56 Å². The molecular formula is C24H14BrF3N4O2. The first-order valence-electron chi connectivity index (χ1n) is 9.81. The van der Waals surface area contributed by atoms with E-state index in [0.29, 0.717) is 21.3 Å². The number of rotatable bonds is 5. The highest BCUT2D eigenvalue weighted by atomic mass is 79.9. The number of nitriles is 1. The summed E-state index contributed by atoms with van der Waals surface area (Å²) in [4.78, 5) is 17.6. The predicted octanol–water partition coefficient (Wildman–Crippen LogP) is 5.63. The molecule has 0 fully saturated rings. The molecular weight excluding hydrogens is 513 g/mol. The number of para-hydroxylation sites is 1. The number of alkyl halides is 3. The minimum absolute atomic E-state index is 0.0286. The van der Waals surface area contributed by atoms with E-state index in [1.807, 2.05) is 6.07 Å². The molecule has 0 spiro atoms. The molecule has 1 heterocycles. The Morgan fingerprint density at radius 1 is 1.12 bits per heavy atom. The maximum Gasteiger partial charge on any atom is 0.416 e. The third kappa shape index (κ3) is 4.84. The van der Waals surface area contributed by atoms with E-state index in [9.17, 15) is 18.0 Å². The molecule has 0 bridgehead atoms. The minimum atomic E-state index is -4.55. The molecule has 34 heavy (non-hydrogen) atoms. The third-order valence-electron chi connectivity index (χ3n) is 4.77. The second-order valence-corrected chi connectivity index (χ2v) is 7.88. The Kier molecular flexibility index (Phi) is 6.47. The van der Waals surface area contributed by atoms with Crippen LogP contribution in [0.5, 0.6) is 5.75 Å². The van der Waals surface area contributed by atoms with Crippen molar-refractivity contribution >= 4 is 33.0 Å². The Morgan fingerprint density at radius 2 is 1.91 bits per heavy atom. The van der Waals surface area contributed by atoms with Gasteiger partial charge in [0, 0.05) is 5.56 Å². The molecule has 4 aromatic rings. The van der Waals surface area contributed by atoms with Crippen molar-refractivity contribution in [3.05, 3.63) is 92.7 Å². The molecule has 4 rings (SSSR count). The summed E-state index contributed by atoms with van der Waals surface area (Å²) < 4.78 is 46.7. The lowest BCUT2D eigenvalue weighted by molar-refractivity contribution is -0.137. The monoisotopic (exact) mass is 526 g/mol. The first-order valence-corrected chi connectivity index (χ1v) is 10.6. The molecule has 0 saturated carbocycles. The van der Waals surface area contributed by atoms with Gasteiger partial charge in [0.2, 0.25) is 0 Å². The van der Waals surface area contributed by atoms with Crippen molar-refractivity contribution in [2.24, 2.45) is 5.10 Å². The lowest BCUT2D eigenvalue weighted by Gasteiger charge is -2.12. The molecule has 0 atom stereocenters. The highest BCUT2D eigenvalue weighted by Crippen LogP contribution is 2.32. The zero-order chi connectivity index (χ0) is 24.3. The minimum Gasteiger partial charge on any atom is -0.478 e. The van der Waals surface area contributed by atoms with Gasteiger partial charge in [0.15, 0.2) is 12.4 Å². The maximum atomic E-state index is 13.3. The molecule has 0 amide bonds. The van der Waals surface area contributed by atoms with Gasteiger partial charge in [-0.15, -0.1) is 0 Å². The number of halogens is 4. The summed E-state index contributed by atoms with van der Waals surface area (Å²) in [6.07, 6.45) is -3.17.